The molecule has 1 aliphatic heterocycles. The number of carbonyl (C=O) groups excluding carboxylic acids is 1. The van der Waals surface area contributed by atoms with E-state index < -0.39 is 0 Å². The number of hydrogen-bond donors (Lipinski definition) is 1. The maximum absolute atomic E-state index is 12.0. The Hall–Kier alpha value is -1.39. The molecular formula is C15H24N4O. The van der Waals surface area contributed by atoms with Crippen molar-refractivity contribution in [3.8, 4) is 0 Å². The highest BCUT2D eigenvalue weighted by atomic mass is 16.1. The minimum atomic E-state index is 0.234. The SMILES string of the molecule is O=C(NCCc1nnc2n1CCCCC2)C1CCCC1. The van der Waals surface area contributed by atoms with Crippen molar-refractivity contribution >= 4 is 5.91 Å². The molecule has 20 heavy (non-hydrogen) atoms. The number of aromatic nitrogens is 3. The number of fused-ring (bicyclic) bond motifs is 1. The smallest absolute Gasteiger partial charge is 0.223 e. The first-order chi connectivity index (χ1) is 9.84. The molecule has 0 radical (unpaired) electrons. The fourth-order valence-electron chi connectivity index (χ4n) is 3.36. The van der Waals surface area contributed by atoms with Crippen molar-refractivity contribution in [3.05, 3.63) is 11.6 Å². The Balaban J connectivity index is 1.51. The molecule has 5 heteroatoms. The summed E-state index contributed by atoms with van der Waals surface area (Å²) in [5.74, 6) is 2.65. The first kappa shape index (κ1) is 13.6. The quantitative estimate of drug-likeness (QED) is 0.913. The van der Waals surface area contributed by atoms with Gasteiger partial charge >= 0.3 is 0 Å². The molecule has 2 heterocycles. The summed E-state index contributed by atoms with van der Waals surface area (Å²) >= 11 is 0. The van der Waals surface area contributed by atoms with Gasteiger partial charge in [-0.15, -0.1) is 10.2 Å². The highest BCUT2D eigenvalue weighted by Gasteiger charge is 2.22. The summed E-state index contributed by atoms with van der Waals surface area (Å²) in [5.41, 5.74) is 0. The van der Waals surface area contributed by atoms with Crippen LogP contribution in [-0.2, 0) is 24.2 Å². The Morgan fingerprint density at radius 1 is 1.15 bits per heavy atom. The molecular weight excluding hydrogens is 252 g/mol. The molecule has 1 fully saturated rings. The topological polar surface area (TPSA) is 59.8 Å². The van der Waals surface area contributed by atoms with Crippen LogP contribution in [0.3, 0.4) is 0 Å². The maximum atomic E-state index is 12.0. The molecule has 0 atom stereocenters. The molecule has 1 aliphatic carbocycles. The molecule has 2 aliphatic rings. The minimum Gasteiger partial charge on any atom is -0.355 e. The summed E-state index contributed by atoms with van der Waals surface area (Å²) in [5, 5.41) is 11.7. The molecule has 0 aromatic carbocycles. The molecule has 5 nitrogen and oxygen atoms in total. The van der Waals surface area contributed by atoms with E-state index in [1.54, 1.807) is 0 Å². The number of nitrogens with zero attached hydrogens (tertiary/aromatic N) is 3. The van der Waals surface area contributed by atoms with Crippen LogP contribution in [0.4, 0.5) is 0 Å². The van der Waals surface area contributed by atoms with Gasteiger partial charge in [0, 0.05) is 31.8 Å². The Labute approximate surface area is 120 Å². The van der Waals surface area contributed by atoms with Crippen LogP contribution in [0.5, 0.6) is 0 Å². The van der Waals surface area contributed by atoms with E-state index in [1.807, 2.05) is 0 Å². The van der Waals surface area contributed by atoms with Crippen molar-refractivity contribution in [1.82, 2.24) is 20.1 Å². The second-order valence-corrected chi connectivity index (χ2v) is 6.02. The fraction of sp³-hybridized carbons (Fsp3) is 0.800. The van der Waals surface area contributed by atoms with Gasteiger partial charge in [-0.05, 0) is 25.7 Å². The number of hydrogen-bond acceptors (Lipinski definition) is 3. The van der Waals surface area contributed by atoms with Gasteiger partial charge in [0.1, 0.15) is 11.6 Å². The standard InChI is InChI=1S/C15H24N4O/c20-15(12-6-3-4-7-12)16-10-9-14-18-17-13-8-2-1-5-11-19(13)14/h12H,1-11H2,(H,16,20). The van der Waals surface area contributed by atoms with Gasteiger partial charge in [-0.25, -0.2) is 0 Å². The Kier molecular flexibility index (Phi) is 4.33. The Morgan fingerprint density at radius 2 is 2.00 bits per heavy atom. The van der Waals surface area contributed by atoms with Crippen LogP contribution in [0.15, 0.2) is 0 Å². The third kappa shape index (κ3) is 3.02. The lowest BCUT2D eigenvalue weighted by molar-refractivity contribution is -0.124. The van der Waals surface area contributed by atoms with Gasteiger partial charge in [0.05, 0.1) is 0 Å². The largest absolute Gasteiger partial charge is 0.355 e. The number of nitrogens with one attached hydrogen (secondary N) is 1. The molecule has 110 valence electrons. The first-order valence-corrected chi connectivity index (χ1v) is 8.03. The van der Waals surface area contributed by atoms with Crippen molar-refractivity contribution < 1.29 is 4.79 Å². The van der Waals surface area contributed by atoms with E-state index in [1.165, 1.54) is 32.1 Å². The molecule has 0 saturated heterocycles. The molecule has 1 saturated carbocycles. The summed E-state index contributed by atoms with van der Waals surface area (Å²) in [4.78, 5) is 12.0. The highest BCUT2D eigenvalue weighted by Crippen LogP contribution is 2.24. The number of rotatable bonds is 4. The zero-order valence-corrected chi connectivity index (χ0v) is 12.1. The van der Waals surface area contributed by atoms with Gasteiger partial charge in [0.2, 0.25) is 5.91 Å². The van der Waals surface area contributed by atoms with E-state index in [-0.39, 0.29) is 11.8 Å². The van der Waals surface area contributed by atoms with Gasteiger partial charge in [-0.2, -0.15) is 0 Å². The molecule has 1 aromatic heterocycles. The monoisotopic (exact) mass is 276 g/mol. The van der Waals surface area contributed by atoms with Crippen LogP contribution in [-0.4, -0.2) is 27.2 Å². The maximum Gasteiger partial charge on any atom is 0.223 e. The lowest BCUT2D eigenvalue weighted by atomic mass is 10.1. The van der Waals surface area contributed by atoms with Crippen molar-refractivity contribution in [2.45, 2.75) is 64.3 Å². The van der Waals surface area contributed by atoms with Crippen LogP contribution < -0.4 is 5.32 Å². The summed E-state index contributed by atoms with van der Waals surface area (Å²) in [6, 6.07) is 0. The summed E-state index contributed by atoms with van der Waals surface area (Å²) in [7, 11) is 0. The van der Waals surface area contributed by atoms with E-state index in [2.05, 4.69) is 20.1 Å². The van der Waals surface area contributed by atoms with Gasteiger partial charge in [0.25, 0.3) is 0 Å². The molecule has 0 spiro atoms. The van der Waals surface area contributed by atoms with Crippen LogP contribution >= 0.6 is 0 Å². The summed E-state index contributed by atoms with van der Waals surface area (Å²) < 4.78 is 2.26. The predicted octanol–water partition coefficient (Wildman–Crippen LogP) is 1.85. The number of carbonyl (C=O) groups is 1. The van der Waals surface area contributed by atoms with Crippen LogP contribution in [0.25, 0.3) is 0 Å². The van der Waals surface area contributed by atoms with Crippen molar-refractivity contribution in [3.63, 3.8) is 0 Å². The molecule has 0 bridgehead atoms. The summed E-state index contributed by atoms with van der Waals surface area (Å²) in [6.07, 6.45) is 10.1. The molecule has 0 unspecified atom stereocenters. The number of amides is 1. The lowest BCUT2D eigenvalue weighted by Gasteiger charge is -2.11. The lowest BCUT2D eigenvalue weighted by Crippen LogP contribution is -2.31. The van der Waals surface area contributed by atoms with Crippen LogP contribution in [0.2, 0.25) is 0 Å². The predicted molar refractivity (Wildman–Crippen MR) is 76.2 cm³/mol. The normalized spacial score (nSPS) is 19.6. The Morgan fingerprint density at radius 3 is 2.85 bits per heavy atom. The zero-order valence-electron chi connectivity index (χ0n) is 12.1. The van der Waals surface area contributed by atoms with Gasteiger partial charge in [0.15, 0.2) is 0 Å². The van der Waals surface area contributed by atoms with Gasteiger partial charge < -0.3 is 9.88 Å². The van der Waals surface area contributed by atoms with E-state index in [0.717, 1.165) is 43.9 Å². The zero-order chi connectivity index (χ0) is 13.8. The third-order valence-corrected chi connectivity index (χ3v) is 4.56. The summed E-state index contributed by atoms with van der Waals surface area (Å²) in [6.45, 7) is 1.72. The average Bonchev–Trinajstić information content (AvgIpc) is 3.05. The minimum absolute atomic E-state index is 0.234. The highest BCUT2D eigenvalue weighted by molar-refractivity contribution is 5.78. The van der Waals surface area contributed by atoms with Crippen molar-refractivity contribution in [2.24, 2.45) is 5.92 Å². The van der Waals surface area contributed by atoms with Gasteiger partial charge in [-0.3, -0.25) is 4.79 Å². The van der Waals surface area contributed by atoms with Gasteiger partial charge in [-0.1, -0.05) is 19.3 Å². The van der Waals surface area contributed by atoms with Crippen LogP contribution in [0.1, 0.15) is 56.6 Å². The average molecular weight is 276 g/mol. The van der Waals surface area contributed by atoms with Crippen LogP contribution in [0, 0.1) is 5.92 Å². The Bertz CT molecular complexity index is 462. The fourth-order valence-corrected chi connectivity index (χ4v) is 3.36. The van der Waals surface area contributed by atoms with E-state index >= 15 is 0 Å². The van der Waals surface area contributed by atoms with E-state index in [0.29, 0.717) is 6.54 Å². The first-order valence-electron chi connectivity index (χ1n) is 8.03. The number of aryl methyl sites for hydroxylation is 1. The molecule has 1 aromatic rings. The second-order valence-electron chi connectivity index (χ2n) is 6.02. The molecule has 3 rings (SSSR count). The van der Waals surface area contributed by atoms with Crippen molar-refractivity contribution in [1.29, 1.82) is 0 Å². The third-order valence-electron chi connectivity index (χ3n) is 4.56. The second kappa shape index (κ2) is 6.37. The van der Waals surface area contributed by atoms with Crippen molar-refractivity contribution in [2.75, 3.05) is 6.54 Å². The molecule has 1 N–H and O–H groups in total. The molecule has 1 amide bonds. The van der Waals surface area contributed by atoms with E-state index in [9.17, 15) is 4.79 Å². The van der Waals surface area contributed by atoms with E-state index in [4.69, 9.17) is 0 Å².